The Balaban J connectivity index is 1.79. The predicted octanol–water partition coefficient (Wildman–Crippen LogP) is 2.96. The second-order valence-corrected chi connectivity index (χ2v) is 7.35. The molecule has 1 aliphatic heterocycles. The number of likely N-dealkylation sites (N-methyl/N-ethyl adjacent to an activating group) is 1. The molecule has 1 amide bonds. The number of nitrogens with zero attached hydrogens (tertiary/aromatic N) is 3. The molecule has 0 aromatic carbocycles. The summed E-state index contributed by atoms with van der Waals surface area (Å²) in [4.78, 5) is 14.9. The van der Waals surface area contributed by atoms with Gasteiger partial charge in [0.25, 0.3) is 0 Å². The Morgan fingerprint density at radius 2 is 2.18 bits per heavy atom. The van der Waals surface area contributed by atoms with Gasteiger partial charge in [0, 0.05) is 24.5 Å². The van der Waals surface area contributed by atoms with Gasteiger partial charge >= 0.3 is 0 Å². The van der Waals surface area contributed by atoms with Crippen molar-refractivity contribution in [1.29, 1.82) is 0 Å². The van der Waals surface area contributed by atoms with Gasteiger partial charge in [-0.15, -0.1) is 0 Å². The normalized spacial score (nSPS) is 15.6. The summed E-state index contributed by atoms with van der Waals surface area (Å²) in [5, 5.41) is 11.8. The maximum Gasteiger partial charge on any atom is 0.235 e. The van der Waals surface area contributed by atoms with Crippen LogP contribution in [0, 0.1) is 0 Å². The summed E-state index contributed by atoms with van der Waals surface area (Å²) in [5.41, 5.74) is 1.27. The van der Waals surface area contributed by atoms with Crippen LogP contribution in [0.15, 0.2) is 16.8 Å². The van der Waals surface area contributed by atoms with Crippen molar-refractivity contribution in [3.63, 3.8) is 0 Å². The third kappa shape index (κ3) is 2.78. The first kappa shape index (κ1) is 15.5. The molecule has 22 heavy (non-hydrogen) atoms. The Hall–Kier alpha value is -1.37. The lowest BCUT2D eigenvalue weighted by molar-refractivity contribution is -0.120. The van der Waals surface area contributed by atoms with Gasteiger partial charge in [-0.05, 0) is 31.8 Å². The third-order valence-electron chi connectivity index (χ3n) is 4.09. The molecule has 5 nitrogen and oxygen atoms in total. The van der Waals surface area contributed by atoms with Crippen molar-refractivity contribution in [1.82, 2.24) is 14.7 Å². The molecule has 0 aliphatic carbocycles. The fourth-order valence-corrected chi connectivity index (χ4v) is 3.96. The molecule has 0 saturated heterocycles. The molecule has 0 saturated carbocycles. The second kappa shape index (κ2) is 5.68. The van der Waals surface area contributed by atoms with Crippen LogP contribution < -0.4 is 5.32 Å². The summed E-state index contributed by atoms with van der Waals surface area (Å²) in [7, 11) is 2.08. The fourth-order valence-electron chi connectivity index (χ4n) is 2.58. The highest BCUT2D eigenvalue weighted by Crippen LogP contribution is 2.33. The highest BCUT2D eigenvalue weighted by Gasteiger charge is 2.33. The van der Waals surface area contributed by atoms with Crippen LogP contribution in [0.5, 0.6) is 0 Å². The number of nitrogens with one attached hydrogen (secondary N) is 1. The van der Waals surface area contributed by atoms with E-state index in [1.54, 1.807) is 0 Å². The molecule has 3 rings (SSSR count). The first-order valence-electron chi connectivity index (χ1n) is 7.17. The molecule has 7 heteroatoms. The van der Waals surface area contributed by atoms with Gasteiger partial charge in [-0.3, -0.25) is 14.4 Å². The fraction of sp³-hybridized carbons (Fsp3) is 0.467. The zero-order chi connectivity index (χ0) is 15.9. The van der Waals surface area contributed by atoms with Crippen LogP contribution in [0.25, 0.3) is 0 Å². The minimum Gasteiger partial charge on any atom is -0.308 e. The highest BCUT2D eigenvalue weighted by atomic mass is 35.5. The Labute approximate surface area is 138 Å². The topological polar surface area (TPSA) is 50.2 Å². The molecule has 0 atom stereocenters. The van der Waals surface area contributed by atoms with Crippen LogP contribution in [-0.4, -0.2) is 34.2 Å². The van der Waals surface area contributed by atoms with Gasteiger partial charge in [-0.2, -0.15) is 16.4 Å². The van der Waals surface area contributed by atoms with Gasteiger partial charge < -0.3 is 5.32 Å². The van der Waals surface area contributed by atoms with Crippen molar-refractivity contribution in [3.8, 4) is 0 Å². The summed E-state index contributed by atoms with van der Waals surface area (Å²) in [6.45, 7) is 6.42. The van der Waals surface area contributed by atoms with E-state index >= 15 is 0 Å². The highest BCUT2D eigenvalue weighted by molar-refractivity contribution is 7.08. The minimum atomic E-state index is -0.696. The maximum atomic E-state index is 12.6. The second-order valence-electron chi connectivity index (χ2n) is 6.19. The maximum absolute atomic E-state index is 12.6. The lowest BCUT2D eigenvalue weighted by atomic mass is 9.85. The van der Waals surface area contributed by atoms with Crippen molar-refractivity contribution >= 4 is 34.7 Å². The number of amides is 1. The summed E-state index contributed by atoms with van der Waals surface area (Å²) < 4.78 is 1.96. The smallest absolute Gasteiger partial charge is 0.235 e. The Morgan fingerprint density at radius 3 is 2.86 bits per heavy atom. The molecule has 0 bridgehead atoms. The number of rotatable bonds is 3. The van der Waals surface area contributed by atoms with Crippen LogP contribution in [-0.2, 0) is 23.3 Å². The molecule has 0 unspecified atom stereocenters. The van der Waals surface area contributed by atoms with E-state index in [0.29, 0.717) is 10.8 Å². The first-order chi connectivity index (χ1) is 10.4. The minimum absolute atomic E-state index is 0.100. The van der Waals surface area contributed by atoms with Gasteiger partial charge in [0.1, 0.15) is 0 Å². The Kier molecular flexibility index (Phi) is 4.01. The standard InChI is InChI=1S/C15H19ClN4OS/c1-15(2,11-8-22-9-12(11)16)14(21)17-13-6-10-7-19(3)4-5-20(10)18-13/h6,8-9H,4-5,7H2,1-3H3,(H,17,18,21). The van der Waals surface area contributed by atoms with Crippen LogP contribution in [0.4, 0.5) is 5.82 Å². The number of anilines is 1. The largest absolute Gasteiger partial charge is 0.308 e. The van der Waals surface area contributed by atoms with Crippen LogP contribution in [0.3, 0.4) is 0 Å². The zero-order valence-corrected chi connectivity index (χ0v) is 14.5. The number of fused-ring (bicyclic) bond motifs is 1. The van der Waals surface area contributed by atoms with E-state index < -0.39 is 5.41 Å². The average Bonchev–Trinajstić information content (AvgIpc) is 3.04. The molecule has 1 N–H and O–H groups in total. The van der Waals surface area contributed by atoms with Crippen molar-refractivity contribution in [2.45, 2.75) is 32.4 Å². The van der Waals surface area contributed by atoms with Gasteiger partial charge in [0.15, 0.2) is 5.82 Å². The number of carbonyl (C=O) groups excluding carboxylic acids is 1. The quantitative estimate of drug-likeness (QED) is 0.936. The number of thiophene rings is 1. The molecule has 2 aromatic rings. The van der Waals surface area contributed by atoms with Crippen molar-refractivity contribution in [3.05, 3.63) is 33.1 Å². The summed E-state index contributed by atoms with van der Waals surface area (Å²) >= 11 is 7.68. The number of carbonyl (C=O) groups is 1. The predicted molar refractivity (Wildman–Crippen MR) is 89.5 cm³/mol. The van der Waals surface area contributed by atoms with E-state index in [1.165, 1.54) is 11.3 Å². The zero-order valence-electron chi connectivity index (χ0n) is 12.9. The van der Waals surface area contributed by atoms with Crippen LogP contribution in [0.2, 0.25) is 5.02 Å². The van der Waals surface area contributed by atoms with E-state index in [0.717, 1.165) is 30.9 Å². The number of hydrogen-bond acceptors (Lipinski definition) is 4. The van der Waals surface area contributed by atoms with Crippen molar-refractivity contribution < 1.29 is 4.79 Å². The summed E-state index contributed by atoms with van der Waals surface area (Å²) in [6.07, 6.45) is 0. The van der Waals surface area contributed by atoms with Gasteiger partial charge in [-0.25, -0.2) is 0 Å². The lowest BCUT2D eigenvalue weighted by Crippen LogP contribution is -2.34. The molecule has 3 heterocycles. The number of aromatic nitrogens is 2. The average molecular weight is 339 g/mol. The van der Waals surface area contributed by atoms with Gasteiger partial charge in [-0.1, -0.05) is 11.6 Å². The first-order valence-corrected chi connectivity index (χ1v) is 8.49. The molecule has 1 aliphatic rings. The summed E-state index contributed by atoms with van der Waals surface area (Å²) in [5.74, 6) is 0.506. The van der Waals surface area contributed by atoms with E-state index in [4.69, 9.17) is 11.6 Å². The summed E-state index contributed by atoms with van der Waals surface area (Å²) in [6, 6.07) is 1.94. The van der Waals surface area contributed by atoms with Crippen molar-refractivity contribution in [2.24, 2.45) is 0 Å². The molecule has 118 valence electrons. The third-order valence-corrected chi connectivity index (χ3v) is 5.27. The van der Waals surface area contributed by atoms with Crippen molar-refractivity contribution in [2.75, 3.05) is 18.9 Å². The number of hydrogen-bond donors (Lipinski definition) is 1. The molecule has 0 radical (unpaired) electrons. The SMILES string of the molecule is CN1CCn2nc(NC(=O)C(C)(C)c3cscc3Cl)cc2C1. The van der Waals surface area contributed by atoms with Gasteiger partial charge in [0.2, 0.25) is 5.91 Å². The molecule has 2 aromatic heterocycles. The van der Waals surface area contributed by atoms with E-state index in [9.17, 15) is 4.79 Å². The van der Waals surface area contributed by atoms with E-state index in [-0.39, 0.29) is 5.91 Å². The molecular formula is C15H19ClN4OS. The number of halogens is 1. The van der Waals surface area contributed by atoms with Crippen LogP contribution >= 0.6 is 22.9 Å². The van der Waals surface area contributed by atoms with Crippen LogP contribution in [0.1, 0.15) is 25.1 Å². The molecule has 0 fully saturated rings. The van der Waals surface area contributed by atoms with E-state index in [1.807, 2.05) is 35.4 Å². The Bertz CT molecular complexity index is 706. The Morgan fingerprint density at radius 1 is 1.41 bits per heavy atom. The monoisotopic (exact) mass is 338 g/mol. The molecule has 0 spiro atoms. The molecular weight excluding hydrogens is 320 g/mol. The van der Waals surface area contributed by atoms with E-state index in [2.05, 4.69) is 22.4 Å². The lowest BCUT2D eigenvalue weighted by Gasteiger charge is -2.23. The van der Waals surface area contributed by atoms with Gasteiger partial charge in [0.05, 0.1) is 22.7 Å².